The van der Waals surface area contributed by atoms with Crippen molar-refractivity contribution in [1.29, 1.82) is 0 Å². The minimum absolute atomic E-state index is 0.412. The van der Waals surface area contributed by atoms with Gasteiger partial charge >= 0.3 is 0 Å². The highest BCUT2D eigenvalue weighted by Gasteiger charge is 1.99. The molecule has 1 aliphatic rings. The van der Waals surface area contributed by atoms with Crippen LogP contribution in [0.15, 0.2) is 70.2 Å². The van der Waals surface area contributed by atoms with E-state index in [9.17, 15) is 5.11 Å². The van der Waals surface area contributed by atoms with Crippen LogP contribution in [0, 0.1) is 0 Å². The maximum absolute atomic E-state index is 9.33. The normalized spacial score (nSPS) is 15.5. The average Bonchev–Trinajstić information content (AvgIpc) is 2.46. The smallest absolute Gasteiger partial charge is 0.0960 e. The number of aliphatic hydroxyl groups is 1. The van der Waals surface area contributed by atoms with E-state index in [4.69, 9.17) is 0 Å². The zero-order valence-corrected chi connectivity index (χ0v) is 9.08. The second-order valence-corrected chi connectivity index (χ2v) is 4.40. The van der Waals surface area contributed by atoms with Crippen molar-refractivity contribution in [2.24, 2.45) is 0 Å². The second kappa shape index (κ2) is 4.89. The summed E-state index contributed by atoms with van der Waals surface area (Å²) in [6.45, 7) is 0. The number of hydrogen-bond acceptors (Lipinski definition) is 2. The third kappa shape index (κ3) is 3.03. The van der Waals surface area contributed by atoms with E-state index >= 15 is 0 Å². The molecule has 0 saturated carbocycles. The summed E-state index contributed by atoms with van der Waals surface area (Å²) in [6, 6.07) is 10.2. The predicted molar refractivity (Wildman–Crippen MR) is 64.9 cm³/mol. The standard InChI is InChI=1S/C13H12OS/c14-11-5-4-8-13(10-9-11)15-12-6-2-1-3-7-12/h1-4,6-10,14H,5H2. The van der Waals surface area contributed by atoms with Gasteiger partial charge in [-0.25, -0.2) is 0 Å². The lowest BCUT2D eigenvalue weighted by atomic mass is 10.3. The van der Waals surface area contributed by atoms with Gasteiger partial charge in [0, 0.05) is 16.2 Å². The van der Waals surface area contributed by atoms with Gasteiger partial charge in [0.1, 0.15) is 0 Å². The Morgan fingerprint density at radius 1 is 1.07 bits per heavy atom. The molecular weight excluding hydrogens is 204 g/mol. The number of hydrogen-bond donors (Lipinski definition) is 1. The van der Waals surface area contributed by atoms with Crippen LogP contribution in [0.1, 0.15) is 6.42 Å². The Hall–Kier alpha value is -1.41. The van der Waals surface area contributed by atoms with Crippen molar-refractivity contribution in [2.75, 3.05) is 0 Å². The van der Waals surface area contributed by atoms with Crippen LogP contribution in [0.5, 0.6) is 0 Å². The molecule has 1 aliphatic carbocycles. The first-order chi connectivity index (χ1) is 7.34. The topological polar surface area (TPSA) is 20.2 Å². The van der Waals surface area contributed by atoms with Gasteiger partial charge in [0.2, 0.25) is 0 Å². The van der Waals surface area contributed by atoms with Crippen molar-refractivity contribution in [3.05, 3.63) is 65.3 Å². The molecule has 0 fully saturated rings. The first kappa shape index (κ1) is 10.1. The summed E-state index contributed by atoms with van der Waals surface area (Å²) in [7, 11) is 0. The molecule has 0 amide bonds. The zero-order chi connectivity index (χ0) is 10.5. The van der Waals surface area contributed by atoms with E-state index in [0.29, 0.717) is 12.2 Å². The van der Waals surface area contributed by atoms with Crippen LogP contribution < -0.4 is 0 Å². The van der Waals surface area contributed by atoms with Gasteiger partial charge in [-0.15, -0.1) is 0 Å². The minimum atomic E-state index is 0.412. The van der Waals surface area contributed by atoms with Gasteiger partial charge in [0.15, 0.2) is 0 Å². The monoisotopic (exact) mass is 216 g/mol. The Balaban J connectivity index is 2.13. The lowest BCUT2D eigenvalue weighted by Gasteiger charge is -2.00. The maximum atomic E-state index is 9.33. The van der Waals surface area contributed by atoms with Crippen LogP contribution in [0.4, 0.5) is 0 Å². The second-order valence-electron chi connectivity index (χ2n) is 3.25. The summed E-state index contributed by atoms with van der Waals surface area (Å²) in [5.41, 5.74) is 0. The van der Waals surface area contributed by atoms with E-state index in [1.807, 2.05) is 36.4 Å². The fourth-order valence-corrected chi connectivity index (χ4v) is 2.16. The van der Waals surface area contributed by atoms with Crippen molar-refractivity contribution in [3.8, 4) is 0 Å². The van der Waals surface area contributed by atoms with Gasteiger partial charge in [-0.05, 0) is 24.3 Å². The van der Waals surface area contributed by atoms with E-state index in [0.717, 1.165) is 4.91 Å². The molecule has 1 nitrogen and oxygen atoms in total. The summed E-state index contributed by atoms with van der Waals surface area (Å²) in [5, 5.41) is 9.33. The summed E-state index contributed by atoms with van der Waals surface area (Å²) in [6.07, 6.45) is 8.33. The SMILES string of the molecule is OC1=CC=C(Sc2ccccc2)C=CC1. The number of thioether (sulfide) groups is 1. The van der Waals surface area contributed by atoms with Crippen molar-refractivity contribution >= 4 is 11.8 Å². The molecule has 0 spiro atoms. The van der Waals surface area contributed by atoms with Crippen LogP contribution in [0.2, 0.25) is 0 Å². The Labute approximate surface area is 93.8 Å². The van der Waals surface area contributed by atoms with E-state index in [2.05, 4.69) is 12.1 Å². The largest absolute Gasteiger partial charge is 0.512 e. The third-order valence-electron chi connectivity index (χ3n) is 2.03. The predicted octanol–water partition coefficient (Wildman–Crippen LogP) is 4.06. The highest BCUT2D eigenvalue weighted by atomic mass is 32.2. The first-order valence-corrected chi connectivity index (χ1v) is 5.65. The molecule has 0 unspecified atom stereocenters. The van der Waals surface area contributed by atoms with Crippen LogP contribution in [0.3, 0.4) is 0 Å². The molecule has 76 valence electrons. The molecular formula is C13H12OS. The van der Waals surface area contributed by atoms with Gasteiger partial charge in [0.05, 0.1) is 5.76 Å². The van der Waals surface area contributed by atoms with Crippen LogP contribution in [-0.4, -0.2) is 5.11 Å². The highest BCUT2D eigenvalue weighted by Crippen LogP contribution is 2.28. The lowest BCUT2D eigenvalue weighted by molar-refractivity contribution is 0.402. The molecule has 15 heavy (non-hydrogen) atoms. The molecule has 0 atom stereocenters. The quantitative estimate of drug-likeness (QED) is 0.804. The van der Waals surface area contributed by atoms with Crippen molar-refractivity contribution in [3.63, 3.8) is 0 Å². The molecule has 1 aromatic carbocycles. The number of allylic oxidation sites excluding steroid dienone is 4. The van der Waals surface area contributed by atoms with Crippen LogP contribution >= 0.6 is 11.8 Å². The zero-order valence-electron chi connectivity index (χ0n) is 8.26. The molecule has 0 bridgehead atoms. The molecule has 0 aromatic heterocycles. The van der Waals surface area contributed by atoms with E-state index in [1.165, 1.54) is 4.90 Å². The van der Waals surface area contributed by atoms with Gasteiger partial charge in [-0.3, -0.25) is 0 Å². The molecule has 0 saturated heterocycles. The van der Waals surface area contributed by atoms with Crippen LogP contribution in [-0.2, 0) is 0 Å². The molecule has 2 heteroatoms. The lowest BCUT2D eigenvalue weighted by Crippen LogP contribution is -1.72. The Morgan fingerprint density at radius 3 is 2.67 bits per heavy atom. The van der Waals surface area contributed by atoms with Gasteiger partial charge in [0.25, 0.3) is 0 Å². The molecule has 0 heterocycles. The number of rotatable bonds is 2. The minimum Gasteiger partial charge on any atom is -0.512 e. The molecule has 2 rings (SSSR count). The van der Waals surface area contributed by atoms with Gasteiger partial charge in [-0.2, -0.15) is 0 Å². The van der Waals surface area contributed by atoms with Gasteiger partial charge in [-0.1, -0.05) is 42.1 Å². The van der Waals surface area contributed by atoms with Gasteiger partial charge < -0.3 is 5.11 Å². The van der Waals surface area contributed by atoms with E-state index in [-0.39, 0.29) is 0 Å². The fourth-order valence-electron chi connectivity index (χ4n) is 1.29. The molecule has 0 aliphatic heterocycles. The maximum Gasteiger partial charge on any atom is 0.0960 e. The van der Waals surface area contributed by atoms with E-state index in [1.54, 1.807) is 17.8 Å². The molecule has 0 radical (unpaired) electrons. The van der Waals surface area contributed by atoms with Crippen molar-refractivity contribution in [2.45, 2.75) is 11.3 Å². The summed E-state index contributed by atoms with van der Waals surface area (Å²) >= 11 is 1.70. The van der Waals surface area contributed by atoms with E-state index < -0.39 is 0 Å². The van der Waals surface area contributed by atoms with Crippen LogP contribution in [0.25, 0.3) is 0 Å². The third-order valence-corrected chi connectivity index (χ3v) is 3.04. The Bertz CT molecular complexity index is 415. The fraction of sp³-hybridized carbons (Fsp3) is 0.0769. The van der Waals surface area contributed by atoms with Crippen molar-refractivity contribution < 1.29 is 5.11 Å². The summed E-state index contributed by atoms with van der Waals surface area (Å²) < 4.78 is 0. The molecule has 1 aromatic rings. The highest BCUT2D eigenvalue weighted by molar-refractivity contribution is 8.03. The Kier molecular flexibility index (Phi) is 3.30. The number of aliphatic hydroxyl groups excluding tert-OH is 1. The first-order valence-electron chi connectivity index (χ1n) is 4.84. The Morgan fingerprint density at radius 2 is 1.87 bits per heavy atom. The average molecular weight is 216 g/mol. The van der Waals surface area contributed by atoms with Crippen molar-refractivity contribution in [1.82, 2.24) is 0 Å². The summed E-state index contributed by atoms with van der Waals surface area (Å²) in [4.78, 5) is 2.36. The number of benzene rings is 1. The summed E-state index contributed by atoms with van der Waals surface area (Å²) in [5.74, 6) is 0.412. The molecule has 1 N–H and O–H groups in total.